The summed E-state index contributed by atoms with van der Waals surface area (Å²) in [6, 6.07) is 9.52. The number of fused-ring (bicyclic) bond motifs is 3. The fourth-order valence-corrected chi connectivity index (χ4v) is 6.96. The Labute approximate surface area is 259 Å². The smallest absolute Gasteiger partial charge is 0.307 e. The van der Waals surface area contributed by atoms with Gasteiger partial charge in [0.15, 0.2) is 11.6 Å². The molecule has 1 fully saturated rings. The molecule has 1 saturated heterocycles. The van der Waals surface area contributed by atoms with E-state index in [4.69, 9.17) is 9.72 Å². The van der Waals surface area contributed by atoms with E-state index in [2.05, 4.69) is 28.2 Å². The molecule has 5 aromatic rings. The van der Waals surface area contributed by atoms with Crippen molar-refractivity contribution in [3.05, 3.63) is 70.4 Å². The SMILES string of the molecule is Cc1nc2c(cc(C(=O)N3CCN(c4ccc5c(cnn5C)c4)CC3)n2C)c(-c2cc(F)c3c(c2C)CCCO3)c1CC(=O)O. The number of pyridine rings is 1. The Morgan fingerprint density at radius 2 is 1.84 bits per heavy atom. The molecule has 0 aliphatic carbocycles. The second-order valence-corrected chi connectivity index (χ2v) is 12.0. The van der Waals surface area contributed by atoms with Crippen LogP contribution >= 0.6 is 0 Å². The minimum atomic E-state index is -1.01. The molecule has 10 nitrogen and oxygen atoms in total. The first-order valence-corrected chi connectivity index (χ1v) is 15.2. The predicted molar refractivity (Wildman–Crippen MR) is 170 cm³/mol. The third-order valence-corrected chi connectivity index (χ3v) is 9.40. The number of rotatable bonds is 5. The number of carboxylic acids is 1. The maximum absolute atomic E-state index is 15.4. The maximum atomic E-state index is 15.4. The Morgan fingerprint density at radius 3 is 2.60 bits per heavy atom. The first kappa shape index (κ1) is 28.8. The van der Waals surface area contributed by atoms with E-state index in [1.165, 1.54) is 6.07 Å². The third kappa shape index (κ3) is 4.77. The summed E-state index contributed by atoms with van der Waals surface area (Å²) in [4.78, 5) is 34.9. The summed E-state index contributed by atoms with van der Waals surface area (Å²) >= 11 is 0. The summed E-state index contributed by atoms with van der Waals surface area (Å²) < 4.78 is 24.7. The molecule has 5 heterocycles. The zero-order valence-electron chi connectivity index (χ0n) is 25.9. The van der Waals surface area contributed by atoms with Crippen molar-refractivity contribution in [2.75, 3.05) is 37.7 Å². The summed E-state index contributed by atoms with van der Waals surface area (Å²) in [5.74, 6) is -1.33. The number of nitrogens with zero attached hydrogens (tertiary/aromatic N) is 6. The van der Waals surface area contributed by atoms with E-state index in [1.807, 2.05) is 29.7 Å². The van der Waals surface area contributed by atoms with E-state index in [1.54, 1.807) is 24.6 Å². The van der Waals surface area contributed by atoms with Gasteiger partial charge in [-0.25, -0.2) is 9.37 Å². The van der Waals surface area contributed by atoms with Gasteiger partial charge in [0.1, 0.15) is 11.3 Å². The molecule has 1 N–H and O–H groups in total. The zero-order valence-corrected chi connectivity index (χ0v) is 25.9. The Kier molecular flexibility index (Phi) is 6.98. The van der Waals surface area contributed by atoms with Gasteiger partial charge in [0.05, 0.1) is 24.7 Å². The van der Waals surface area contributed by atoms with Gasteiger partial charge in [-0.3, -0.25) is 14.3 Å². The minimum absolute atomic E-state index is 0.122. The van der Waals surface area contributed by atoms with Gasteiger partial charge in [-0.15, -0.1) is 0 Å². The predicted octanol–water partition coefficient (Wildman–Crippen LogP) is 4.80. The molecule has 7 rings (SSSR count). The van der Waals surface area contributed by atoms with Crippen molar-refractivity contribution in [1.82, 2.24) is 24.2 Å². The molecule has 1 amide bonds. The number of anilines is 1. The highest BCUT2D eigenvalue weighted by molar-refractivity contribution is 6.04. The third-order valence-electron chi connectivity index (χ3n) is 9.40. The zero-order chi connectivity index (χ0) is 31.6. The Hall–Kier alpha value is -4.93. The van der Waals surface area contributed by atoms with Crippen LogP contribution in [-0.2, 0) is 31.7 Å². The average Bonchev–Trinajstić information content (AvgIpc) is 3.57. The summed E-state index contributed by atoms with van der Waals surface area (Å²) in [5, 5.41) is 15.9. The molecule has 2 aromatic carbocycles. The van der Waals surface area contributed by atoms with Crippen molar-refractivity contribution in [2.45, 2.75) is 33.1 Å². The van der Waals surface area contributed by atoms with Gasteiger partial charge in [-0.2, -0.15) is 5.10 Å². The van der Waals surface area contributed by atoms with Gasteiger partial charge in [0.25, 0.3) is 5.91 Å². The van der Waals surface area contributed by atoms with Crippen LogP contribution in [0, 0.1) is 19.7 Å². The first-order chi connectivity index (χ1) is 21.6. The number of carboxylic acid groups (broad SMARTS) is 1. The van der Waals surface area contributed by atoms with Crippen molar-refractivity contribution in [3.8, 4) is 16.9 Å². The lowest BCUT2D eigenvalue weighted by Gasteiger charge is -2.36. The lowest BCUT2D eigenvalue weighted by atomic mass is 9.87. The highest BCUT2D eigenvalue weighted by atomic mass is 19.1. The molecule has 232 valence electrons. The molecule has 0 atom stereocenters. The number of hydrogen-bond donors (Lipinski definition) is 1. The van der Waals surface area contributed by atoms with E-state index in [0.717, 1.165) is 34.1 Å². The number of carbonyl (C=O) groups excluding carboxylic acids is 1. The number of amides is 1. The molecule has 0 bridgehead atoms. The maximum Gasteiger partial charge on any atom is 0.307 e. The highest BCUT2D eigenvalue weighted by Gasteiger charge is 2.29. The van der Waals surface area contributed by atoms with Crippen molar-refractivity contribution >= 4 is 39.5 Å². The van der Waals surface area contributed by atoms with E-state index in [-0.39, 0.29) is 18.1 Å². The number of hydrogen-bond acceptors (Lipinski definition) is 6. The molecule has 0 unspecified atom stereocenters. The second kappa shape index (κ2) is 10.9. The van der Waals surface area contributed by atoms with Crippen LogP contribution in [-0.4, -0.2) is 74.0 Å². The van der Waals surface area contributed by atoms with Crippen LogP contribution in [0.1, 0.15) is 39.3 Å². The van der Waals surface area contributed by atoms with Crippen LogP contribution in [0.25, 0.3) is 33.1 Å². The Morgan fingerprint density at radius 1 is 1.07 bits per heavy atom. The number of benzene rings is 2. The normalized spacial score (nSPS) is 15.0. The van der Waals surface area contributed by atoms with Gasteiger partial charge < -0.3 is 24.2 Å². The Bertz CT molecular complexity index is 2020. The summed E-state index contributed by atoms with van der Waals surface area (Å²) in [6.07, 6.45) is 3.04. The fourth-order valence-electron chi connectivity index (χ4n) is 6.96. The minimum Gasteiger partial charge on any atom is -0.490 e. The molecule has 3 aromatic heterocycles. The highest BCUT2D eigenvalue weighted by Crippen LogP contribution is 2.42. The van der Waals surface area contributed by atoms with Gasteiger partial charge in [0.2, 0.25) is 0 Å². The van der Waals surface area contributed by atoms with Crippen molar-refractivity contribution in [3.63, 3.8) is 0 Å². The second-order valence-electron chi connectivity index (χ2n) is 12.0. The van der Waals surface area contributed by atoms with E-state index in [0.29, 0.717) is 78.3 Å². The standard InChI is InChI=1S/C34H35FN6O4/c1-19-23-6-5-13-45-32(23)27(35)15-24(19)31-25(17-30(42)43)20(2)37-33-26(31)16-29(38(33)3)34(44)41-11-9-40(10-12-41)22-7-8-28-21(14-22)18-36-39(28)4/h7-8,14-16,18H,5-6,9-13,17H2,1-4H3,(H,42,43). The van der Waals surface area contributed by atoms with E-state index < -0.39 is 11.8 Å². The molecule has 0 saturated carbocycles. The largest absolute Gasteiger partial charge is 0.490 e. The van der Waals surface area contributed by atoms with E-state index in [9.17, 15) is 14.7 Å². The number of piperazine rings is 1. The molecule has 2 aliphatic heterocycles. The lowest BCUT2D eigenvalue weighted by molar-refractivity contribution is -0.136. The fraction of sp³-hybridized carbons (Fsp3) is 0.353. The van der Waals surface area contributed by atoms with Crippen LogP contribution in [0.2, 0.25) is 0 Å². The number of carbonyl (C=O) groups is 2. The van der Waals surface area contributed by atoms with Gasteiger partial charge in [0, 0.05) is 68.0 Å². The van der Waals surface area contributed by atoms with Gasteiger partial charge in [-0.1, -0.05) is 0 Å². The number of halogens is 1. The summed E-state index contributed by atoms with van der Waals surface area (Å²) in [6.45, 7) is 6.61. The molecular formula is C34H35FN6O4. The molecule has 11 heteroatoms. The quantitative estimate of drug-likeness (QED) is 0.305. The van der Waals surface area contributed by atoms with Crippen LogP contribution < -0.4 is 9.64 Å². The van der Waals surface area contributed by atoms with E-state index >= 15 is 4.39 Å². The summed E-state index contributed by atoms with van der Waals surface area (Å²) in [7, 11) is 3.73. The number of aryl methyl sites for hydroxylation is 3. The van der Waals surface area contributed by atoms with Crippen LogP contribution in [0.5, 0.6) is 5.75 Å². The average molecular weight is 611 g/mol. The van der Waals surface area contributed by atoms with Crippen LogP contribution in [0.15, 0.2) is 36.5 Å². The van der Waals surface area contributed by atoms with Crippen molar-refractivity contribution in [2.24, 2.45) is 14.1 Å². The van der Waals surface area contributed by atoms with Gasteiger partial charge >= 0.3 is 5.97 Å². The van der Waals surface area contributed by atoms with Crippen LogP contribution in [0.3, 0.4) is 0 Å². The topological polar surface area (TPSA) is 106 Å². The van der Waals surface area contributed by atoms with Crippen molar-refractivity contribution in [1.29, 1.82) is 0 Å². The number of aromatic nitrogens is 4. The molecule has 0 radical (unpaired) electrons. The number of ether oxygens (including phenoxy) is 1. The van der Waals surface area contributed by atoms with Crippen molar-refractivity contribution < 1.29 is 23.8 Å². The Balaban J connectivity index is 1.25. The monoisotopic (exact) mass is 610 g/mol. The van der Waals surface area contributed by atoms with Gasteiger partial charge in [-0.05, 0) is 79.3 Å². The molecule has 0 spiro atoms. The first-order valence-electron chi connectivity index (χ1n) is 15.2. The summed E-state index contributed by atoms with van der Waals surface area (Å²) in [5.41, 5.74) is 7.08. The molecule has 2 aliphatic rings. The molecule has 45 heavy (non-hydrogen) atoms. The molecular weight excluding hydrogens is 575 g/mol. The number of aliphatic carboxylic acids is 1. The lowest BCUT2D eigenvalue weighted by Crippen LogP contribution is -2.49. The van der Waals surface area contributed by atoms with Crippen LogP contribution in [0.4, 0.5) is 10.1 Å².